The Bertz CT molecular complexity index is 496. The lowest BCUT2D eigenvalue weighted by molar-refractivity contribution is 0.416. The number of methoxy groups -OCH3 is 1. The summed E-state index contributed by atoms with van der Waals surface area (Å²) < 4.78 is 5.33. The van der Waals surface area contributed by atoms with Crippen LogP contribution in [0, 0.1) is 0 Å². The van der Waals surface area contributed by atoms with Gasteiger partial charge in [-0.15, -0.1) is 0 Å². The second-order valence-electron chi connectivity index (χ2n) is 3.36. The van der Waals surface area contributed by atoms with Crippen LogP contribution >= 0.6 is 22.9 Å². The van der Waals surface area contributed by atoms with E-state index in [9.17, 15) is 0 Å². The predicted molar refractivity (Wildman–Crippen MR) is 69.2 cm³/mol. The summed E-state index contributed by atoms with van der Waals surface area (Å²) in [6, 6.07) is 5.59. The van der Waals surface area contributed by atoms with Crippen LogP contribution in [0.1, 0.15) is 5.56 Å². The molecule has 0 spiro atoms. The van der Waals surface area contributed by atoms with Crippen LogP contribution in [-0.2, 0) is 6.54 Å². The van der Waals surface area contributed by atoms with Crippen molar-refractivity contribution in [1.82, 2.24) is 0 Å². The van der Waals surface area contributed by atoms with Crippen LogP contribution in [0.5, 0.6) is 5.75 Å². The normalized spacial score (nSPS) is 10.4. The van der Waals surface area contributed by atoms with Crippen molar-refractivity contribution in [3.8, 4) is 16.9 Å². The van der Waals surface area contributed by atoms with E-state index < -0.39 is 0 Å². The number of benzene rings is 1. The van der Waals surface area contributed by atoms with Gasteiger partial charge in [-0.2, -0.15) is 11.3 Å². The molecule has 2 N–H and O–H groups in total. The van der Waals surface area contributed by atoms with Crippen molar-refractivity contribution in [1.29, 1.82) is 0 Å². The number of hydrogen-bond acceptors (Lipinski definition) is 3. The summed E-state index contributed by atoms with van der Waals surface area (Å²) >= 11 is 7.63. The molecule has 0 radical (unpaired) electrons. The highest BCUT2D eigenvalue weighted by atomic mass is 35.5. The molecule has 0 unspecified atom stereocenters. The number of hydrogen-bond donors (Lipinski definition) is 1. The van der Waals surface area contributed by atoms with Crippen LogP contribution in [0.25, 0.3) is 11.1 Å². The fraction of sp³-hybridized carbons (Fsp3) is 0.167. The van der Waals surface area contributed by atoms with Crippen LogP contribution in [0.15, 0.2) is 29.0 Å². The number of halogens is 1. The molecule has 1 aromatic carbocycles. The molecule has 0 aliphatic heterocycles. The van der Waals surface area contributed by atoms with Gasteiger partial charge in [-0.1, -0.05) is 11.6 Å². The number of nitrogens with two attached hydrogens (primary N) is 1. The SMILES string of the molecule is COc1ccc(Cl)cc1-c1cscc1CN. The number of ether oxygens (including phenoxy) is 1. The van der Waals surface area contributed by atoms with Crippen LogP contribution in [0.3, 0.4) is 0 Å². The Morgan fingerprint density at radius 1 is 1.31 bits per heavy atom. The second-order valence-corrected chi connectivity index (χ2v) is 4.54. The van der Waals surface area contributed by atoms with Gasteiger partial charge in [0.05, 0.1) is 7.11 Å². The highest BCUT2D eigenvalue weighted by Gasteiger charge is 2.11. The van der Waals surface area contributed by atoms with Gasteiger partial charge in [0.25, 0.3) is 0 Å². The topological polar surface area (TPSA) is 35.2 Å². The van der Waals surface area contributed by atoms with Crippen molar-refractivity contribution in [2.24, 2.45) is 5.73 Å². The lowest BCUT2D eigenvalue weighted by Crippen LogP contribution is -1.97. The Balaban J connectivity index is 2.58. The van der Waals surface area contributed by atoms with E-state index in [4.69, 9.17) is 22.1 Å². The summed E-state index contributed by atoms with van der Waals surface area (Å²) in [6.07, 6.45) is 0. The van der Waals surface area contributed by atoms with E-state index in [2.05, 4.69) is 10.8 Å². The van der Waals surface area contributed by atoms with Crippen LogP contribution < -0.4 is 10.5 Å². The summed E-state index contributed by atoms with van der Waals surface area (Å²) in [4.78, 5) is 0. The zero-order chi connectivity index (χ0) is 11.5. The minimum absolute atomic E-state index is 0.522. The van der Waals surface area contributed by atoms with Crippen LogP contribution in [0.2, 0.25) is 5.02 Å². The molecule has 0 fully saturated rings. The molecule has 1 heterocycles. The zero-order valence-corrected chi connectivity index (χ0v) is 10.4. The molecule has 2 rings (SSSR count). The Morgan fingerprint density at radius 3 is 2.81 bits per heavy atom. The molecule has 0 saturated heterocycles. The molecule has 0 bridgehead atoms. The molecule has 0 aliphatic carbocycles. The Hall–Kier alpha value is -1.03. The Labute approximate surface area is 104 Å². The minimum Gasteiger partial charge on any atom is -0.496 e. The van der Waals surface area contributed by atoms with Gasteiger partial charge >= 0.3 is 0 Å². The van der Waals surface area contributed by atoms with Gasteiger partial charge in [0.15, 0.2) is 0 Å². The fourth-order valence-electron chi connectivity index (χ4n) is 1.61. The van der Waals surface area contributed by atoms with Crippen molar-refractivity contribution in [2.45, 2.75) is 6.54 Å². The van der Waals surface area contributed by atoms with Crippen molar-refractivity contribution in [3.63, 3.8) is 0 Å². The molecule has 84 valence electrons. The molecule has 4 heteroatoms. The van der Waals surface area contributed by atoms with Gasteiger partial charge in [-0.3, -0.25) is 0 Å². The number of thiophene rings is 1. The van der Waals surface area contributed by atoms with E-state index in [-0.39, 0.29) is 0 Å². The standard InChI is InChI=1S/C12H12ClNOS/c1-15-12-3-2-9(13)4-10(12)11-7-16-6-8(11)5-14/h2-4,6-7H,5,14H2,1H3. The summed E-state index contributed by atoms with van der Waals surface area (Å²) in [6.45, 7) is 0.522. The van der Waals surface area contributed by atoms with E-state index in [0.29, 0.717) is 11.6 Å². The molecule has 2 aromatic rings. The highest BCUT2D eigenvalue weighted by molar-refractivity contribution is 7.08. The Kier molecular flexibility index (Phi) is 3.49. The average molecular weight is 254 g/mol. The Morgan fingerprint density at radius 2 is 2.12 bits per heavy atom. The van der Waals surface area contributed by atoms with Gasteiger partial charge in [0, 0.05) is 22.7 Å². The first-order valence-electron chi connectivity index (χ1n) is 4.85. The zero-order valence-electron chi connectivity index (χ0n) is 8.87. The van der Waals surface area contributed by atoms with E-state index in [1.807, 2.05) is 18.2 Å². The lowest BCUT2D eigenvalue weighted by atomic mass is 10.0. The molecule has 0 atom stereocenters. The smallest absolute Gasteiger partial charge is 0.126 e. The first kappa shape index (κ1) is 11.5. The van der Waals surface area contributed by atoms with Crippen molar-refractivity contribution >= 4 is 22.9 Å². The van der Waals surface area contributed by atoms with E-state index >= 15 is 0 Å². The summed E-state index contributed by atoms with van der Waals surface area (Å²) in [5.41, 5.74) is 8.91. The van der Waals surface area contributed by atoms with Crippen molar-refractivity contribution in [2.75, 3.05) is 7.11 Å². The molecule has 0 aliphatic rings. The highest BCUT2D eigenvalue weighted by Crippen LogP contribution is 2.36. The fourth-order valence-corrected chi connectivity index (χ4v) is 2.65. The lowest BCUT2D eigenvalue weighted by Gasteiger charge is -2.09. The van der Waals surface area contributed by atoms with Gasteiger partial charge in [0.1, 0.15) is 5.75 Å². The first-order chi connectivity index (χ1) is 7.76. The molecule has 2 nitrogen and oxygen atoms in total. The van der Waals surface area contributed by atoms with Crippen LogP contribution in [0.4, 0.5) is 0 Å². The summed E-state index contributed by atoms with van der Waals surface area (Å²) in [5, 5.41) is 4.82. The first-order valence-corrected chi connectivity index (χ1v) is 6.17. The molecule has 16 heavy (non-hydrogen) atoms. The molecule has 1 aromatic heterocycles. The van der Waals surface area contributed by atoms with Gasteiger partial charge < -0.3 is 10.5 Å². The molecular weight excluding hydrogens is 242 g/mol. The molecular formula is C12H12ClNOS. The summed E-state index contributed by atoms with van der Waals surface area (Å²) in [5.74, 6) is 0.817. The average Bonchev–Trinajstić information content (AvgIpc) is 2.76. The van der Waals surface area contributed by atoms with Gasteiger partial charge in [-0.25, -0.2) is 0 Å². The third kappa shape index (κ3) is 2.07. The monoisotopic (exact) mass is 253 g/mol. The molecule has 0 amide bonds. The van der Waals surface area contributed by atoms with E-state index in [1.165, 1.54) is 0 Å². The maximum atomic E-state index is 6.00. The van der Waals surface area contributed by atoms with E-state index in [1.54, 1.807) is 18.4 Å². The van der Waals surface area contributed by atoms with Crippen LogP contribution in [-0.4, -0.2) is 7.11 Å². The van der Waals surface area contributed by atoms with Crippen molar-refractivity contribution < 1.29 is 4.74 Å². The third-order valence-electron chi connectivity index (χ3n) is 2.41. The maximum absolute atomic E-state index is 6.00. The van der Waals surface area contributed by atoms with Crippen molar-refractivity contribution in [3.05, 3.63) is 39.5 Å². The minimum atomic E-state index is 0.522. The molecule has 0 saturated carbocycles. The number of rotatable bonds is 3. The third-order valence-corrected chi connectivity index (χ3v) is 3.44. The predicted octanol–water partition coefficient (Wildman–Crippen LogP) is 3.54. The van der Waals surface area contributed by atoms with Gasteiger partial charge in [-0.05, 0) is 34.5 Å². The largest absolute Gasteiger partial charge is 0.496 e. The quantitative estimate of drug-likeness (QED) is 0.908. The van der Waals surface area contributed by atoms with E-state index in [0.717, 1.165) is 22.4 Å². The summed E-state index contributed by atoms with van der Waals surface area (Å²) in [7, 11) is 1.65. The maximum Gasteiger partial charge on any atom is 0.126 e. The second kappa shape index (κ2) is 4.87. The van der Waals surface area contributed by atoms with Gasteiger partial charge in [0.2, 0.25) is 0 Å².